The van der Waals surface area contributed by atoms with E-state index in [0.717, 1.165) is 36.9 Å². The zero-order chi connectivity index (χ0) is 16.3. The predicted molar refractivity (Wildman–Crippen MR) is 95.0 cm³/mol. The minimum Gasteiger partial charge on any atom is -0.352 e. The summed E-state index contributed by atoms with van der Waals surface area (Å²) in [6, 6.07) is 7.89. The maximum absolute atomic E-state index is 12.5. The van der Waals surface area contributed by atoms with Gasteiger partial charge in [-0.05, 0) is 37.5 Å². The molecule has 24 heavy (non-hydrogen) atoms. The van der Waals surface area contributed by atoms with E-state index < -0.39 is 5.54 Å². The molecular weight excluding hydrogens is 326 g/mol. The standard InChI is InChI=1S/C17H23N5O.ClH/c1-17(18)8-3-2-7-15(17)16(23)20-10-13-5-4-6-14(9-13)22-12-19-11-21-22;/h4-6,9,11-12,15H,2-3,7-8,10,18H2,1H3,(H,20,23);1H. The SMILES string of the molecule is CC1(N)CCCCC1C(=O)NCc1cccc(-n2cncn2)c1.Cl. The van der Waals surface area contributed by atoms with Crippen molar-refractivity contribution in [1.29, 1.82) is 0 Å². The average Bonchev–Trinajstić information content (AvgIpc) is 3.07. The molecule has 1 aromatic carbocycles. The second-order valence-electron chi connectivity index (χ2n) is 6.53. The first-order chi connectivity index (χ1) is 11.1. The second kappa shape index (κ2) is 7.77. The van der Waals surface area contributed by atoms with Crippen molar-refractivity contribution >= 4 is 18.3 Å². The molecule has 3 N–H and O–H groups in total. The number of amides is 1. The van der Waals surface area contributed by atoms with Gasteiger partial charge in [-0.1, -0.05) is 25.0 Å². The van der Waals surface area contributed by atoms with E-state index >= 15 is 0 Å². The Morgan fingerprint density at radius 1 is 1.46 bits per heavy atom. The number of carbonyl (C=O) groups is 1. The Bertz CT molecular complexity index is 671. The van der Waals surface area contributed by atoms with Gasteiger partial charge >= 0.3 is 0 Å². The number of nitrogens with zero attached hydrogens (tertiary/aromatic N) is 3. The third-order valence-corrected chi connectivity index (χ3v) is 4.63. The molecule has 1 heterocycles. The van der Waals surface area contributed by atoms with Crippen molar-refractivity contribution in [3.63, 3.8) is 0 Å². The lowest BCUT2D eigenvalue weighted by molar-refractivity contribution is -0.128. The summed E-state index contributed by atoms with van der Waals surface area (Å²) >= 11 is 0. The van der Waals surface area contributed by atoms with Crippen molar-refractivity contribution in [2.45, 2.75) is 44.7 Å². The van der Waals surface area contributed by atoms with E-state index in [2.05, 4.69) is 15.4 Å². The molecule has 2 unspecified atom stereocenters. The zero-order valence-corrected chi connectivity index (χ0v) is 14.6. The van der Waals surface area contributed by atoms with Crippen LogP contribution >= 0.6 is 12.4 Å². The summed E-state index contributed by atoms with van der Waals surface area (Å²) < 4.78 is 1.70. The summed E-state index contributed by atoms with van der Waals surface area (Å²) in [7, 11) is 0. The van der Waals surface area contributed by atoms with Crippen LogP contribution in [0.25, 0.3) is 5.69 Å². The van der Waals surface area contributed by atoms with Crippen molar-refractivity contribution < 1.29 is 4.79 Å². The topological polar surface area (TPSA) is 85.8 Å². The summed E-state index contributed by atoms with van der Waals surface area (Å²) in [5.74, 6) is -0.0457. The normalized spacial score (nSPS) is 23.3. The molecule has 3 rings (SSSR count). The molecule has 0 saturated heterocycles. The molecule has 1 aliphatic carbocycles. The first-order valence-electron chi connectivity index (χ1n) is 8.07. The maximum atomic E-state index is 12.5. The first-order valence-corrected chi connectivity index (χ1v) is 8.07. The van der Waals surface area contributed by atoms with Crippen LogP contribution in [-0.2, 0) is 11.3 Å². The average molecular weight is 350 g/mol. The molecule has 1 aromatic heterocycles. The van der Waals surface area contributed by atoms with Crippen LogP contribution in [0.3, 0.4) is 0 Å². The molecule has 0 aliphatic heterocycles. The summed E-state index contributed by atoms with van der Waals surface area (Å²) in [5.41, 5.74) is 7.86. The van der Waals surface area contributed by atoms with Gasteiger partial charge in [0.15, 0.2) is 0 Å². The van der Waals surface area contributed by atoms with Crippen LogP contribution in [0.2, 0.25) is 0 Å². The lowest BCUT2D eigenvalue weighted by Gasteiger charge is -2.37. The molecule has 1 aliphatic rings. The Hall–Kier alpha value is -1.92. The highest BCUT2D eigenvalue weighted by Gasteiger charge is 2.37. The van der Waals surface area contributed by atoms with Crippen LogP contribution in [0.5, 0.6) is 0 Å². The summed E-state index contributed by atoms with van der Waals surface area (Å²) in [6.45, 7) is 2.48. The van der Waals surface area contributed by atoms with Crippen LogP contribution in [0.4, 0.5) is 0 Å². The molecular formula is C17H24ClN5O. The fourth-order valence-electron chi connectivity index (χ4n) is 3.25. The summed E-state index contributed by atoms with van der Waals surface area (Å²) in [6.07, 6.45) is 7.12. The molecule has 0 bridgehead atoms. The zero-order valence-electron chi connectivity index (χ0n) is 13.8. The number of benzene rings is 1. The highest BCUT2D eigenvalue weighted by atomic mass is 35.5. The number of rotatable bonds is 4. The van der Waals surface area contributed by atoms with Crippen LogP contribution in [0.1, 0.15) is 38.2 Å². The molecule has 2 atom stereocenters. The molecule has 1 fully saturated rings. The number of halogens is 1. The number of hydrogen-bond donors (Lipinski definition) is 2. The quantitative estimate of drug-likeness (QED) is 0.886. The highest BCUT2D eigenvalue weighted by molar-refractivity contribution is 5.85. The van der Waals surface area contributed by atoms with E-state index in [1.54, 1.807) is 11.0 Å². The lowest BCUT2D eigenvalue weighted by atomic mass is 9.74. The monoisotopic (exact) mass is 349 g/mol. The number of nitrogens with two attached hydrogens (primary N) is 1. The molecule has 1 amide bonds. The lowest BCUT2D eigenvalue weighted by Crippen LogP contribution is -2.52. The third kappa shape index (κ3) is 4.13. The van der Waals surface area contributed by atoms with Crippen molar-refractivity contribution in [3.05, 3.63) is 42.5 Å². The molecule has 2 aromatic rings. The summed E-state index contributed by atoms with van der Waals surface area (Å²) in [5, 5.41) is 7.15. The predicted octanol–water partition coefficient (Wildman–Crippen LogP) is 2.21. The maximum Gasteiger partial charge on any atom is 0.225 e. The number of hydrogen-bond acceptors (Lipinski definition) is 4. The van der Waals surface area contributed by atoms with Crippen LogP contribution in [0, 0.1) is 5.92 Å². The van der Waals surface area contributed by atoms with Gasteiger partial charge in [-0.25, -0.2) is 9.67 Å². The van der Waals surface area contributed by atoms with E-state index in [1.165, 1.54) is 6.33 Å². The van der Waals surface area contributed by atoms with Crippen molar-refractivity contribution in [3.8, 4) is 5.69 Å². The second-order valence-corrected chi connectivity index (χ2v) is 6.53. The van der Waals surface area contributed by atoms with Gasteiger partial charge in [0.2, 0.25) is 5.91 Å². The Kier molecular flexibility index (Phi) is 5.96. The molecule has 0 spiro atoms. The van der Waals surface area contributed by atoms with E-state index in [-0.39, 0.29) is 24.2 Å². The molecule has 130 valence electrons. The Morgan fingerprint density at radius 2 is 2.29 bits per heavy atom. The third-order valence-electron chi connectivity index (χ3n) is 4.63. The van der Waals surface area contributed by atoms with Gasteiger partial charge in [0.25, 0.3) is 0 Å². The van der Waals surface area contributed by atoms with Gasteiger partial charge in [0, 0.05) is 12.1 Å². The first kappa shape index (κ1) is 18.4. The molecule has 7 heteroatoms. The molecule has 1 saturated carbocycles. The van der Waals surface area contributed by atoms with Gasteiger partial charge in [0.1, 0.15) is 12.7 Å². The van der Waals surface area contributed by atoms with E-state index in [0.29, 0.717) is 6.54 Å². The van der Waals surface area contributed by atoms with Gasteiger partial charge in [-0.2, -0.15) is 5.10 Å². The fourth-order valence-corrected chi connectivity index (χ4v) is 3.25. The van der Waals surface area contributed by atoms with E-state index in [1.807, 2.05) is 31.2 Å². The molecule has 6 nitrogen and oxygen atoms in total. The van der Waals surface area contributed by atoms with Crippen LogP contribution in [-0.4, -0.2) is 26.2 Å². The van der Waals surface area contributed by atoms with Gasteiger partial charge < -0.3 is 11.1 Å². The minimum atomic E-state index is -0.398. The van der Waals surface area contributed by atoms with Gasteiger partial charge in [0.05, 0.1) is 11.6 Å². The van der Waals surface area contributed by atoms with Gasteiger partial charge in [-0.3, -0.25) is 4.79 Å². The van der Waals surface area contributed by atoms with Crippen LogP contribution < -0.4 is 11.1 Å². The van der Waals surface area contributed by atoms with Crippen molar-refractivity contribution in [1.82, 2.24) is 20.1 Å². The van der Waals surface area contributed by atoms with E-state index in [9.17, 15) is 4.79 Å². The van der Waals surface area contributed by atoms with Crippen LogP contribution in [0.15, 0.2) is 36.9 Å². The number of aromatic nitrogens is 3. The largest absolute Gasteiger partial charge is 0.352 e. The van der Waals surface area contributed by atoms with Crippen molar-refractivity contribution in [2.24, 2.45) is 11.7 Å². The smallest absolute Gasteiger partial charge is 0.225 e. The Balaban J connectivity index is 0.00000208. The highest BCUT2D eigenvalue weighted by Crippen LogP contribution is 2.31. The Morgan fingerprint density at radius 3 is 3.00 bits per heavy atom. The number of carbonyl (C=O) groups excluding carboxylic acids is 1. The van der Waals surface area contributed by atoms with Gasteiger partial charge in [-0.15, -0.1) is 12.4 Å². The summed E-state index contributed by atoms with van der Waals surface area (Å²) in [4.78, 5) is 16.4. The number of nitrogens with one attached hydrogen (secondary N) is 1. The fraction of sp³-hybridized carbons (Fsp3) is 0.471. The minimum absolute atomic E-state index is 0. The molecule has 0 radical (unpaired) electrons. The van der Waals surface area contributed by atoms with Crippen molar-refractivity contribution in [2.75, 3.05) is 0 Å². The Labute approximate surface area is 148 Å². The van der Waals surface area contributed by atoms with E-state index in [4.69, 9.17) is 5.73 Å².